The van der Waals surface area contributed by atoms with Crippen molar-refractivity contribution in [1.82, 2.24) is 9.55 Å². The molecule has 104 valence electrons. The van der Waals surface area contributed by atoms with Gasteiger partial charge in [0.05, 0.1) is 23.3 Å². The first-order valence-corrected chi connectivity index (χ1v) is 6.70. The molecule has 0 amide bonds. The molecule has 0 unspecified atom stereocenters. The van der Waals surface area contributed by atoms with Crippen molar-refractivity contribution < 1.29 is 14.3 Å². The lowest BCUT2D eigenvalue weighted by molar-refractivity contribution is 0.0692. The molecule has 0 radical (unpaired) electrons. The van der Waals surface area contributed by atoms with Crippen molar-refractivity contribution in [3.05, 3.63) is 47.3 Å². The van der Waals surface area contributed by atoms with Crippen molar-refractivity contribution in [3.8, 4) is 5.69 Å². The number of carboxylic acids is 1. The van der Waals surface area contributed by atoms with Crippen LogP contribution in [0.2, 0.25) is 0 Å². The summed E-state index contributed by atoms with van der Waals surface area (Å²) in [5.74, 6) is -1.42. The molecule has 5 heteroatoms. The van der Waals surface area contributed by atoms with Crippen molar-refractivity contribution in [2.24, 2.45) is 0 Å². The summed E-state index contributed by atoms with van der Waals surface area (Å²) in [4.78, 5) is 15.4. The molecule has 1 aliphatic rings. The van der Waals surface area contributed by atoms with Gasteiger partial charge in [-0.2, -0.15) is 0 Å². The molecule has 20 heavy (non-hydrogen) atoms. The number of hydrogen-bond acceptors (Lipinski definition) is 2. The van der Waals surface area contributed by atoms with E-state index in [1.165, 1.54) is 12.1 Å². The molecular formula is C15H15FN2O2. The molecule has 0 bridgehead atoms. The van der Waals surface area contributed by atoms with E-state index < -0.39 is 11.8 Å². The molecular weight excluding hydrogens is 259 g/mol. The maximum atomic E-state index is 13.7. The summed E-state index contributed by atoms with van der Waals surface area (Å²) in [5.41, 5.74) is 2.17. The monoisotopic (exact) mass is 274 g/mol. The largest absolute Gasteiger partial charge is 0.478 e. The summed E-state index contributed by atoms with van der Waals surface area (Å²) in [6, 6.07) is 2.68. The first-order chi connectivity index (χ1) is 9.60. The van der Waals surface area contributed by atoms with Gasteiger partial charge >= 0.3 is 5.97 Å². The van der Waals surface area contributed by atoms with E-state index in [2.05, 4.69) is 4.98 Å². The van der Waals surface area contributed by atoms with Gasteiger partial charge in [-0.25, -0.2) is 14.2 Å². The van der Waals surface area contributed by atoms with E-state index in [0.717, 1.165) is 24.1 Å². The molecule has 2 aromatic rings. The van der Waals surface area contributed by atoms with Crippen LogP contribution in [0.5, 0.6) is 0 Å². The fourth-order valence-corrected chi connectivity index (χ4v) is 2.35. The number of halogens is 1. The first kappa shape index (κ1) is 12.8. The minimum atomic E-state index is -1.26. The molecule has 0 aliphatic heterocycles. The summed E-state index contributed by atoms with van der Waals surface area (Å²) in [5, 5.41) is 9.04. The van der Waals surface area contributed by atoms with Gasteiger partial charge in [0.15, 0.2) is 0 Å². The molecule has 4 nitrogen and oxygen atoms in total. The van der Waals surface area contributed by atoms with Crippen molar-refractivity contribution in [3.63, 3.8) is 0 Å². The maximum Gasteiger partial charge on any atom is 0.338 e. The van der Waals surface area contributed by atoms with E-state index in [9.17, 15) is 9.18 Å². The Hall–Kier alpha value is -2.17. The Morgan fingerprint density at radius 1 is 1.50 bits per heavy atom. The molecule has 1 saturated carbocycles. The third kappa shape index (κ3) is 2.19. The van der Waals surface area contributed by atoms with Gasteiger partial charge in [0.2, 0.25) is 0 Å². The average molecular weight is 274 g/mol. The van der Waals surface area contributed by atoms with E-state index in [0.29, 0.717) is 18.0 Å². The second kappa shape index (κ2) is 4.74. The number of hydrogen-bond donors (Lipinski definition) is 1. The van der Waals surface area contributed by atoms with Crippen molar-refractivity contribution in [1.29, 1.82) is 0 Å². The molecule has 1 N–H and O–H groups in total. The van der Waals surface area contributed by atoms with Gasteiger partial charge < -0.3 is 9.67 Å². The third-order valence-corrected chi connectivity index (χ3v) is 3.66. The zero-order valence-corrected chi connectivity index (χ0v) is 11.1. The molecule has 1 aliphatic carbocycles. The molecule has 1 aromatic carbocycles. The molecule has 0 atom stereocenters. The van der Waals surface area contributed by atoms with Crippen LogP contribution in [0.3, 0.4) is 0 Å². The van der Waals surface area contributed by atoms with Crippen LogP contribution in [-0.4, -0.2) is 20.6 Å². The molecule has 0 spiro atoms. The minimum Gasteiger partial charge on any atom is -0.478 e. The maximum absolute atomic E-state index is 13.7. The third-order valence-electron chi connectivity index (χ3n) is 3.66. The van der Waals surface area contributed by atoms with E-state index in [1.807, 2.05) is 13.1 Å². The lowest BCUT2D eigenvalue weighted by Gasteiger charge is -2.10. The van der Waals surface area contributed by atoms with Gasteiger partial charge in [0.25, 0.3) is 0 Å². The number of aryl methyl sites for hydroxylation is 1. The van der Waals surface area contributed by atoms with E-state index in [1.54, 1.807) is 10.9 Å². The number of benzene rings is 1. The summed E-state index contributed by atoms with van der Waals surface area (Å²) < 4.78 is 15.5. The normalized spacial score (nSPS) is 14.5. The second-order valence-corrected chi connectivity index (χ2v) is 5.10. The molecule has 1 aromatic heterocycles. The van der Waals surface area contributed by atoms with Crippen LogP contribution in [-0.2, 0) is 6.42 Å². The van der Waals surface area contributed by atoms with Gasteiger partial charge in [0.1, 0.15) is 5.82 Å². The van der Waals surface area contributed by atoms with Crippen molar-refractivity contribution >= 4 is 5.97 Å². The van der Waals surface area contributed by atoms with Gasteiger partial charge in [-0.3, -0.25) is 0 Å². The van der Waals surface area contributed by atoms with Crippen LogP contribution in [0.25, 0.3) is 5.69 Å². The van der Waals surface area contributed by atoms with Crippen LogP contribution < -0.4 is 0 Å². The number of carbonyl (C=O) groups is 1. The summed E-state index contributed by atoms with van der Waals surface area (Å²) in [7, 11) is 0. The Kier molecular flexibility index (Phi) is 3.04. The number of imidazole rings is 1. The summed E-state index contributed by atoms with van der Waals surface area (Å²) in [6.07, 6.45) is 6.52. The predicted octanol–water partition coefficient (Wildman–Crippen LogP) is 3.15. The van der Waals surface area contributed by atoms with Crippen molar-refractivity contribution in [2.45, 2.75) is 32.1 Å². The Morgan fingerprint density at radius 3 is 2.85 bits per heavy atom. The molecule has 0 saturated heterocycles. The van der Waals surface area contributed by atoms with Gasteiger partial charge in [-0.05, 0) is 37.0 Å². The van der Waals surface area contributed by atoms with Crippen LogP contribution in [0.15, 0.2) is 24.7 Å². The fourth-order valence-electron chi connectivity index (χ4n) is 2.35. The number of aromatic nitrogens is 2. The van der Waals surface area contributed by atoms with E-state index in [4.69, 9.17) is 5.11 Å². The lowest BCUT2D eigenvalue weighted by Crippen LogP contribution is -2.06. The fraction of sp³-hybridized carbons (Fsp3) is 0.333. The Balaban J connectivity index is 2.09. The van der Waals surface area contributed by atoms with E-state index >= 15 is 0 Å². The Morgan fingerprint density at radius 2 is 2.25 bits per heavy atom. The van der Waals surface area contributed by atoms with Gasteiger partial charge in [-0.1, -0.05) is 6.92 Å². The minimum absolute atomic E-state index is 0.307. The van der Waals surface area contributed by atoms with Crippen LogP contribution in [0.4, 0.5) is 4.39 Å². The number of aromatic carboxylic acids is 1. The SMILES string of the molecule is CCc1cc(F)c(C(=O)O)cc1-n1cnc(C2CC2)c1. The predicted molar refractivity (Wildman–Crippen MR) is 71.8 cm³/mol. The highest BCUT2D eigenvalue weighted by atomic mass is 19.1. The standard InChI is InChI=1S/C15H15FN2O2/c1-2-9-5-12(16)11(15(19)20)6-14(9)18-7-13(17-8-18)10-3-4-10/h5-8,10H,2-4H2,1H3,(H,19,20). The molecule has 3 rings (SSSR count). The quantitative estimate of drug-likeness (QED) is 0.931. The average Bonchev–Trinajstić information content (AvgIpc) is 3.16. The highest BCUT2D eigenvalue weighted by Gasteiger charge is 2.26. The highest BCUT2D eigenvalue weighted by molar-refractivity contribution is 5.88. The van der Waals surface area contributed by atoms with Crippen molar-refractivity contribution in [2.75, 3.05) is 0 Å². The van der Waals surface area contributed by atoms with Crippen LogP contribution in [0.1, 0.15) is 47.3 Å². The van der Waals surface area contributed by atoms with Gasteiger partial charge in [-0.15, -0.1) is 0 Å². The zero-order valence-electron chi connectivity index (χ0n) is 11.1. The van der Waals surface area contributed by atoms with Crippen LogP contribution in [0, 0.1) is 5.82 Å². The van der Waals surface area contributed by atoms with E-state index in [-0.39, 0.29) is 5.56 Å². The van der Waals surface area contributed by atoms with Gasteiger partial charge in [0, 0.05) is 12.1 Å². The second-order valence-electron chi connectivity index (χ2n) is 5.10. The van der Waals surface area contributed by atoms with Crippen LogP contribution >= 0.6 is 0 Å². The lowest BCUT2D eigenvalue weighted by atomic mass is 10.1. The number of carboxylic acid groups (broad SMARTS) is 1. The topological polar surface area (TPSA) is 55.1 Å². The summed E-state index contributed by atoms with van der Waals surface area (Å²) >= 11 is 0. The Labute approximate surface area is 115 Å². The smallest absolute Gasteiger partial charge is 0.338 e. The zero-order chi connectivity index (χ0) is 14.3. The Bertz CT molecular complexity index is 675. The molecule has 1 heterocycles. The molecule has 1 fully saturated rings. The number of nitrogens with zero attached hydrogens (tertiary/aromatic N) is 2. The number of rotatable bonds is 4. The first-order valence-electron chi connectivity index (χ1n) is 6.70. The highest BCUT2D eigenvalue weighted by Crippen LogP contribution is 2.39. The summed E-state index contributed by atoms with van der Waals surface area (Å²) in [6.45, 7) is 1.91.